The highest BCUT2D eigenvalue weighted by Crippen LogP contribution is 2.32. The molecule has 0 aliphatic carbocycles. The number of hydrogen-bond acceptors (Lipinski definition) is 6. The Morgan fingerprint density at radius 1 is 1.09 bits per heavy atom. The lowest BCUT2D eigenvalue weighted by Gasteiger charge is -2.05. The number of nitrogens with zero attached hydrogens (tertiary/aromatic N) is 3. The van der Waals surface area contributed by atoms with E-state index in [-0.39, 0.29) is 15.4 Å². The minimum Gasteiger partial charge on any atom is -0.478 e. The van der Waals surface area contributed by atoms with Crippen LogP contribution in [0.1, 0.15) is 38.3 Å². The molecule has 8 nitrogen and oxygen atoms in total. The molecule has 0 radical (unpaired) electrons. The zero-order valence-corrected chi connectivity index (χ0v) is 20.2. The lowest BCUT2D eigenvalue weighted by molar-refractivity contribution is -0.122. The van der Waals surface area contributed by atoms with Crippen LogP contribution in [0.5, 0.6) is 0 Å². The smallest absolute Gasteiger partial charge is 0.335 e. The van der Waals surface area contributed by atoms with Crippen LogP contribution in [0.2, 0.25) is 0 Å². The van der Waals surface area contributed by atoms with Crippen LogP contribution >= 0.6 is 24.0 Å². The maximum absolute atomic E-state index is 13.0. The van der Waals surface area contributed by atoms with Crippen LogP contribution < -0.4 is 5.56 Å². The van der Waals surface area contributed by atoms with Crippen molar-refractivity contribution in [2.75, 3.05) is 0 Å². The van der Waals surface area contributed by atoms with Crippen LogP contribution in [0.15, 0.2) is 57.3 Å². The summed E-state index contributed by atoms with van der Waals surface area (Å²) in [5.74, 6) is -1.44. The number of hydrazone groups is 1. The number of carbonyl (C=O) groups is 2. The fraction of sp³-hybridized carbons (Fsp3) is 0.125. The van der Waals surface area contributed by atoms with E-state index < -0.39 is 11.9 Å². The molecule has 0 atom stereocenters. The largest absolute Gasteiger partial charge is 0.478 e. The van der Waals surface area contributed by atoms with Gasteiger partial charge in [-0.05, 0) is 80.0 Å². The van der Waals surface area contributed by atoms with Crippen LogP contribution in [-0.2, 0) is 4.79 Å². The van der Waals surface area contributed by atoms with Gasteiger partial charge >= 0.3 is 5.97 Å². The first kappa shape index (κ1) is 23.4. The van der Waals surface area contributed by atoms with Gasteiger partial charge in [0.05, 0.1) is 27.9 Å². The minimum absolute atomic E-state index is 0.155. The molecule has 4 rings (SSSR count). The highest BCUT2D eigenvalue weighted by atomic mass is 32.2. The van der Waals surface area contributed by atoms with Crippen molar-refractivity contribution >= 4 is 52.5 Å². The topological polar surface area (TPSA) is 108 Å². The van der Waals surface area contributed by atoms with E-state index in [1.165, 1.54) is 23.0 Å². The number of thioether (sulfide) groups is 1. The number of rotatable bonds is 5. The van der Waals surface area contributed by atoms with Gasteiger partial charge in [-0.3, -0.25) is 14.7 Å². The molecule has 0 saturated carbocycles. The molecule has 0 spiro atoms. The zero-order valence-electron chi connectivity index (χ0n) is 18.5. The third-order valence-corrected chi connectivity index (χ3v) is 6.68. The van der Waals surface area contributed by atoms with E-state index in [9.17, 15) is 14.4 Å². The Kier molecular flexibility index (Phi) is 6.36. The summed E-state index contributed by atoms with van der Waals surface area (Å²) in [4.78, 5) is 37.2. The molecule has 1 amide bonds. The number of hydrogen-bond donors (Lipinski definition) is 2. The fourth-order valence-corrected chi connectivity index (χ4v) is 4.48. The van der Waals surface area contributed by atoms with Gasteiger partial charge in [-0.25, -0.2) is 9.48 Å². The predicted molar refractivity (Wildman–Crippen MR) is 137 cm³/mol. The van der Waals surface area contributed by atoms with Gasteiger partial charge in [0, 0.05) is 5.69 Å². The number of carboxylic acid groups (broad SMARTS) is 1. The van der Waals surface area contributed by atoms with Crippen LogP contribution in [0, 0.1) is 20.8 Å². The third kappa shape index (κ3) is 4.50. The summed E-state index contributed by atoms with van der Waals surface area (Å²) >= 11 is 6.38. The van der Waals surface area contributed by atoms with Gasteiger partial charge < -0.3 is 5.11 Å². The number of aromatic nitrogens is 2. The molecule has 172 valence electrons. The lowest BCUT2D eigenvalue weighted by atomic mass is 10.1. The Morgan fingerprint density at radius 3 is 2.44 bits per heavy atom. The molecular weight excluding hydrogens is 472 g/mol. The Labute approximate surface area is 204 Å². The first-order valence-corrected chi connectivity index (χ1v) is 11.4. The highest BCUT2D eigenvalue weighted by Gasteiger charge is 2.32. The van der Waals surface area contributed by atoms with Crippen molar-refractivity contribution in [3.63, 3.8) is 0 Å². The van der Waals surface area contributed by atoms with Crippen molar-refractivity contribution < 1.29 is 14.7 Å². The summed E-state index contributed by atoms with van der Waals surface area (Å²) in [7, 11) is 0. The summed E-state index contributed by atoms with van der Waals surface area (Å²) in [6.45, 7) is 5.73. The molecule has 1 aliphatic rings. The van der Waals surface area contributed by atoms with Crippen LogP contribution in [0.3, 0.4) is 0 Å². The number of carbonyl (C=O) groups excluding carboxylic acids is 1. The van der Waals surface area contributed by atoms with Crippen molar-refractivity contribution in [2.45, 2.75) is 20.8 Å². The molecule has 0 bridgehead atoms. The molecule has 10 heteroatoms. The Bertz CT molecular complexity index is 1450. The fourth-order valence-electron chi connectivity index (χ4n) is 3.31. The quantitative estimate of drug-likeness (QED) is 0.316. The molecule has 1 saturated heterocycles. The molecule has 34 heavy (non-hydrogen) atoms. The molecule has 1 aromatic heterocycles. The summed E-state index contributed by atoms with van der Waals surface area (Å²) in [5.41, 5.74) is 4.35. The number of nitrogens with one attached hydrogen (secondary N) is 1. The minimum atomic E-state index is -1.02. The first-order valence-electron chi connectivity index (χ1n) is 10.2. The third-order valence-electron chi connectivity index (χ3n) is 5.40. The second-order valence-corrected chi connectivity index (χ2v) is 9.40. The van der Waals surface area contributed by atoms with E-state index in [1.807, 2.05) is 32.0 Å². The standard InChI is InChI=1S/C24H20N4O4S2/c1-13-4-9-18(10-14(13)2)27-21(29)19(15(3)26-27)12-25-28-22(30)20(34-24(28)33)11-16-5-7-17(8-6-16)23(31)32/h4-12,26H,1-3H3,(H,31,32)/b20-11-,25-12+. The first-order chi connectivity index (χ1) is 16.2. The Morgan fingerprint density at radius 2 is 1.79 bits per heavy atom. The number of H-pyrrole nitrogens is 1. The van der Waals surface area contributed by atoms with Gasteiger partial charge in [0.1, 0.15) is 0 Å². The number of amides is 1. The molecule has 2 aromatic carbocycles. The van der Waals surface area contributed by atoms with E-state index in [4.69, 9.17) is 17.3 Å². The molecule has 1 fully saturated rings. The normalized spacial score (nSPS) is 15.1. The monoisotopic (exact) mass is 492 g/mol. The second kappa shape index (κ2) is 9.24. The van der Waals surface area contributed by atoms with Gasteiger partial charge in [0.2, 0.25) is 0 Å². The maximum atomic E-state index is 13.0. The number of thiocarbonyl (C=S) groups is 1. The average molecular weight is 493 g/mol. The average Bonchev–Trinajstić information content (AvgIpc) is 3.23. The van der Waals surface area contributed by atoms with Crippen molar-refractivity contribution in [1.82, 2.24) is 14.8 Å². The number of aromatic amines is 1. The van der Waals surface area contributed by atoms with E-state index in [0.29, 0.717) is 27.4 Å². The van der Waals surface area contributed by atoms with Gasteiger partial charge in [-0.1, -0.05) is 30.0 Å². The van der Waals surface area contributed by atoms with Crippen molar-refractivity contribution in [3.8, 4) is 5.69 Å². The van der Waals surface area contributed by atoms with E-state index >= 15 is 0 Å². The lowest BCUT2D eigenvalue weighted by Crippen LogP contribution is -2.23. The van der Waals surface area contributed by atoms with Crippen LogP contribution in [0.25, 0.3) is 11.8 Å². The van der Waals surface area contributed by atoms with Gasteiger partial charge in [-0.15, -0.1) is 0 Å². The van der Waals surface area contributed by atoms with Gasteiger partial charge in [0.25, 0.3) is 11.5 Å². The number of carboxylic acids is 1. The molecule has 0 unspecified atom stereocenters. The number of aromatic carboxylic acids is 1. The second-order valence-electron chi connectivity index (χ2n) is 7.72. The Balaban J connectivity index is 1.58. The molecule has 1 aliphatic heterocycles. The summed E-state index contributed by atoms with van der Waals surface area (Å²) in [6.07, 6.45) is 2.95. The van der Waals surface area contributed by atoms with Gasteiger partial charge in [0.15, 0.2) is 4.32 Å². The van der Waals surface area contributed by atoms with E-state index in [2.05, 4.69) is 10.2 Å². The molecule has 3 aromatic rings. The predicted octanol–water partition coefficient (Wildman–Crippen LogP) is 4.02. The SMILES string of the molecule is Cc1ccc(-n2[nH]c(C)c(/C=N/N3C(=O)/C(=C/c4ccc(C(=O)O)cc4)SC3=S)c2=O)cc1C. The molecule has 2 heterocycles. The van der Waals surface area contributed by atoms with Crippen molar-refractivity contribution in [3.05, 3.63) is 91.2 Å². The van der Waals surface area contributed by atoms with Gasteiger partial charge in [-0.2, -0.15) is 10.1 Å². The van der Waals surface area contributed by atoms with Crippen molar-refractivity contribution in [1.29, 1.82) is 0 Å². The Hall–Kier alpha value is -3.76. The summed E-state index contributed by atoms with van der Waals surface area (Å²) in [5, 5.41) is 17.3. The van der Waals surface area contributed by atoms with Crippen LogP contribution in [-0.4, -0.2) is 42.3 Å². The highest BCUT2D eigenvalue weighted by molar-refractivity contribution is 8.26. The van der Waals surface area contributed by atoms with E-state index in [1.54, 1.807) is 25.1 Å². The summed E-state index contributed by atoms with van der Waals surface area (Å²) < 4.78 is 1.67. The number of aryl methyl sites for hydroxylation is 3. The van der Waals surface area contributed by atoms with E-state index in [0.717, 1.165) is 27.9 Å². The maximum Gasteiger partial charge on any atom is 0.335 e. The van der Waals surface area contributed by atoms with Crippen molar-refractivity contribution in [2.24, 2.45) is 5.10 Å². The number of benzene rings is 2. The molecular formula is C24H20N4O4S2. The zero-order chi connectivity index (χ0) is 24.6. The summed E-state index contributed by atoms with van der Waals surface area (Å²) in [6, 6.07) is 11.9. The molecule has 2 N–H and O–H groups in total. The van der Waals surface area contributed by atoms with Crippen LogP contribution in [0.4, 0.5) is 0 Å².